The maximum Gasteiger partial charge on any atom is 0.261 e. The van der Waals surface area contributed by atoms with Crippen LogP contribution in [-0.2, 0) is 37.3 Å². The summed E-state index contributed by atoms with van der Waals surface area (Å²) < 4.78 is 58.0. The fraction of sp³-hybridized carbons (Fsp3) is 0.297. The van der Waals surface area contributed by atoms with Crippen molar-refractivity contribution in [2.75, 3.05) is 31.6 Å². The third-order valence-electron chi connectivity index (χ3n) is 7.45. The minimum absolute atomic E-state index is 0.0463. The molecule has 0 spiro atoms. The highest BCUT2D eigenvalue weighted by Gasteiger charge is 2.30. The number of sulfonamides is 1. The first kappa shape index (κ1) is 36.9. The molecule has 260 valence electrons. The van der Waals surface area contributed by atoms with Crippen molar-refractivity contribution < 1.29 is 36.6 Å². The molecule has 49 heavy (non-hydrogen) atoms. The molecule has 1 atom stereocenters. The van der Waals surface area contributed by atoms with Gasteiger partial charge in [-0.05, 0) is 92.1 Å². The highest BCUT2D eigenvalue weighted by atomic mass is 32.2. The molecule has 0 radical (unpaired) electrons. The van der Waals surface area contributed by atoms with E-state index in [1.54, 1.807) is 19.2 Å². The number of hydrogen-bond acceptors (Lipinski definition) is 7. The molecule has 10 nitrogen and oxygen atoms in total. The molecule has 2 amide bonds. The summed E-state index contributed by atoms with van der Waals surface area (Å²) in [6.07, 6.45) is 0.964. The summed E-state index contributed by atoms with van der Waals surface area (Å²) in [5.41, 5.74) is 1.88. The maximum atomic E-state index is 13.9. The molecule has 2 N–H and O–H groups in total. The third kappa shape index (κ3) is 11.6. The van der Waals surface area contributed by atoms with E-state index in [2.05, 4.69) is 10.0 Å². The van der Waals surface area contributed by atoms with Crippen LogP contribution in [0.4, 0.5) is 10.1 Å². The Morgan fingerprint density at radius 3 is 2.12 bits per heavy atom. The van der Waals surface area contributed by atoms with Crippen molar-refractivity contribution in [2.24, 2.45) is 0 Å². The number of nitrogens with one attached hydrogen (secondary N) is 2. The Hall–Kier alpha value is -4.94. The lowest BCUT2D eigenvalue weighted by molar-refractivity contribution is -0.142. The number of nitrogens with zero attached hydrogens (tertiary/aromatic N) is 1. The first-order chi connectivity index (χ1) is 23.5. The number of ether oxygens (including phenoxy) is 3. The lowest BCUT2D eigenvalue weighted by Crippen LogP contribution is -2.52. The topological polar surface area (TPSA) is 123 Å². The highest BCUT2D eigenvalue weighted by Crippen LogP contribution is 2.21. The van der Waals surface area contributed by atoms with Gasteiger partial charge in [0, 0.05) is 31.8 Å². The van der Waals surface area contributed by atoms with Gasteiger partial charge in [0.1, 0.15) is 23.4 Å². The van der Waals surface area contributed by atoms with Crippen LogP contribution in [0.15, 0.2) is 108 Å². The molecular formula is C37H42FN3O7S. The van der Waals surface area contributed by atoms with Crippen molar-refractivity contribution in [1.29, 1.82) is 0 Å². The second-order valence-corrected chi connectivity index (χ2v) is 13.2. The van der Waals surface area contributed by atoms with Gasteiger partial charge < -0.3 is 24.4 Å². The molecule has 0 fully saturated rings. The van der Waals surface area contributed by atoms with Gasteiger partial charge in [-0.25, -0.2) is 12.8 Å². The summed E-state index contributed by atoms with van der Waals surface area (Å²) in [5.74, 6) is -0.317. The van der Waals surface area contributed by atoms with Crippen molar-refractivity contribution >= 4 is 27.5 Å². The van der Waals surface area contributed by atoms with Gasteiger partial charge in [-0.15, -0.1) is 0 Å². The van der Waals surface area contributed by atoms with Crippen molar-refractivity contribution in [1.82, 2.24) is 10.2 Å². The number of amides is 2. The van der Waals surface area contributed by atoms with Gasteiger partial charge in [0.15, 0.2) is 6.61 Å². The molecule has 4 rings (SSSR count). The van der Waals surface area contributed by atoms with Crippen LogP contribution >= 0.6 is 0 Å². The van der Waals surface area contributed by atoms with E-state index in [1.165, 1.54) is 41.3 Å². The summed E-state index contributed by atoms with van der Waals surface area (Å²) in [7, 11) is -2.39. The quantitative estimate of drug-likeness (QED) is 0.131. The smallest absolute Gasteiger partial charge is 0.261 e. The number of carbonyl (C=O) groups excluding carboxylic acids is 2. The Labute approximate surface area is 287 Å². The highest BCUT2D eigenvalue weighted by molar-refractivity contribution is 7.92. The zero-order chi connectivity index (χ0) is 35.2. The summed E-state index contributed by atoms with van der Waals surface area (Å²) in [5, 5.41) is 2.98. The lowest BCUT2D eigenvalue weighted by atomic mass is 10.0. The van der Waals surface area contributed by atoms with Gasteiger partial charge in [0.05, 0.1) is 18.1 Å². The van der Waals surface area contributed by atoms with Gasteiger partial charge in [0.25, 0.3) is 15.9 Å². The fourth-order valence-electron chi connectivity index (χ4n) is 4.88. The largest absolute Gasteiger partial charge is 0.497 e. The summed E-state index contributed by atoms with van der Waals surface area (Å²) in [6, 6.07) is 26.3. The number of halogens is 1. The van der Waals surface area contributed by atoms with E-state index in [1.807, 2.05) is 56.3 Å². The monoisotopic (exact) mass is 691 g/mol. The third-order valence-corrected chi connectivity index (χ3v) is 8.84. The molecule has 1 unspecified atom stereocenters. The van der Waals surface area contributed by atoms with Crippen molar-refractivity contribution in [3.05, 3.63) is 120 Å². The molecule has 0 heterocycles. The average molecular weight is 692 g/mol. The van der Waals surface area contributed by atoms with Crippen LogP contribution in [0.25, 0.3) is 0 Å². The molecule has 0 aliphatic carbocycles. The number of benzene rings is 4. The van der Waals surface area contributed by atoms with Gasteiger partial charge in [-0.3, -0.25) is 14.3 Å². The van der Waals surface area contributed by atoms with Crippen LogP contribution in [0, 0.1) is 5.82 Å². The SMILES string of the molecule is COc1ccc(CN(C(=O)COc2ccc(S(=O)(=O)Nc3ccc(F)cc3)cc2)C(Cc2ccccc2)C(=O)NCCCOC(C)C)cc1. The first-order valence-electron chi connectivity index (χ1n) is 15.9. The fourth-order valence-corrected chi connectivity index (χ4v) is 5.94. The Balaban J connectivity index is 1.52. The maximum absolute atomic E-state index is 13.9. The Morgan fingerprint density at radius 2 is 1.49 bits per heavy atom. The van der Waals surface area contributed by atoms with E-state index < -0.39 is 34.4 Å². The molecule has 0 aliphatic heterocycles. The van der Waals surface area contributed by atoms with Crippen molar-refractivity contribution in [3.63, 3.8) is 0 Å². The van der Waals surface area contributed by atoms with Gasteiger partial charge >= 0.3 is 0 Å². The minimum Gasteiger partial charge on any atom is -0.497 e. The van der Waals surface area contributed by atoms with E-state index in [4.69, 9.17) is 14.2 Å². The van der Waals surface area contributed by atoms with Gasteiger partial charge in [-0.2, -0.15) is 0 Å². The molecule has 0 saturated carbocycles. The van der Waals surface area contributed by atoms with Crippen LogP contribution < -0.4 is 19.5 Å². The summed E-state index contributed by atoms with van der Waals surface area (Å²) in [4.78, 5) is 29.1. The van der Waals surface area contributed by atoms with Crippen molar-refractivity contribution in [2.45, 2.75) is 50.3 Å². The summed E-state index contributed by atoms with van der Waals surface area (Å²) >= 11 is 0. The van der Waals surface area contributed by atoms with E-state index in [9.17, 15) is 22.4 Å². The molecule has 0 saturated heterocycles. The minimum atomic E-state index is -3.96. The Morgan fingerprint density at radius 1 is 0.837 bits per heavy atom. The molecule has 4 aromatic rings. The average Bonchev–Trinajstić information content (AvgIpc) is 3.10. The van der Waals surface area contributed by atoms with E-state index >= 15 is 0 Å². The predicted octanol–water partition coefficient (Wildman–Crippen LogP) is 5.59. The first-order valence-corrected chi connectivity index (χ1v) is 17.4. The second kappa shape index (κ2) is 18.0. The molecule has 4 aromatic carbocycles. The Kier molecular flexibility index (Phi) is 13.5. The van der Waals surface area contributed by atoms with E-state index in [0.717, 1.165) is 23.3 Å². The standard InChI is InChI=1S/C37H42FN3O7S/c1-27(2)47-23-7-22-39-37(43)35(24-28-8-5-4-6-9-28)41(25-29-10-16-32(46-3)17-11-29)36(42)26-48-33-18-20-34(21-19-33)49(44,45)40-31-14-12-30(38)13-15-31/h4-6,8-21,27,35,40H,7,22-26H2,1-3H3,(H,39,43). The second-order valence-electron chi connectivity index (χ2n) is 11.5. The number of anilines is 1. The Bertz CT molecular complexity index is 1740. The van der Waals surface area contributed by atoms with Crippen LogP contribution in [0.3, 0.4) is 0 Å². The predicted molar refractivity (Wildman–Crippen MR) is 185 cm³/mol. The van der Waals surface area contributed by atoms with Crippen LogP contribution in [0.5, 0.6) is 11.5 Å². The molecular weight excluding hydrogens is 649 g/mol. The number of hydrogen-bond donors (Lipinski definition) is 2. The normalized spacial score (nSPS) is 11.9. The number of methoxy groups -OCH3 is 1. The van der Waals surface area contributed by atoms with E-state index in [-0.39, 0.29) is 41.3 Å². The molecule has 0 bridgehead atoms. The van der Waals surface area contributed by atoms with Crippen LogP contribution in [0.1, 0.15) is 31.4 Å². The van der Waals surface area contributed by atoms with Crippen LogP contribution in [0.2, 0.25) is 0 Å². The zero-order valence-electron chi connectivity index (χ0n) is 27.8. The van der Waals surface area contributed by atoms with E-state index in [0.29, 0.717) is 25.3 Å². The molecule has 0 aliphatic rings. The number of rotatable bonds is 18. The van der Waals surface area contributed by atoms with Crippen molar-refractivity contribution in [3.8, 4) is 11.5 Å². The molecule has 12 heteroatoms. The summed E-state index contributed by atoms with van der Waals surface area (Å²) in [6.45, 7) is 4.48. The molecule has 0 aromatic heterocycles. The number of carbonyl (C=O) groups is 2. The van der Waals surface area contributed by atoms with Gasteiger partial charge in [-0.1, -0.05) is 42.5 Å². The van der Waals surface area contributed by atoms with Crippen LogP contribution in [-0.4, -0.2) is 64.1 Å². The zero-order valence-corrected chi connectivity index (χ0v) is 28.6. The van der Waals surface area contributed by atoms with Gasteiger partial charge in [0.2, 0.25) is 5.91 Å². The lowest BCUT2D eigenvalue weighted by Gasteiger charge is -2.31.